The zero-order chi connectivity index (χ0) is 26.0. The minimum atomic E-state index is -1.04. The second kappa shape index (κ2) is 15.0. The van der Waals surface area contributed by atoms with Gasteiger partial charge in [-0.15, -0.1) is 11.3 Å². The molecule has 8 heteroatoms. The van der Waals surface area contributed by atoms with Gasteiger partial charge in [-0.1, -0.05) is 51.0 Å². The molecule has 0 aliphatic carbocycles. The Balaban J connectivity index is 0.00000400. The average molecular weight is 541 g/mol. The van der Waals surface area contributed by atoms with Gasteiger partial charge in [0.05, 0.1) is 17.5 Å². The third-order valence-corrected chi connectivity index (χ3v) is 6.98. The van der Waals surface area contributed by atoms with Crippen LogP contribution in [0.3, 0.4) is 0 Å². The topological polar surface area (TPSA) is 81.5 Å². The van der Waals surface area contributed by atoms with Crippen molar-refractivity contribution in [2.75, 3.05) is 0 Å². The Labute approximate surface area is 250 Å². The maximum atomic E-state index is 11.1. The molecule has 0 bridgehead atoms. The van der Waals surface area contributed by atoms with E-state index in [1.165, 1.54) is 61.0 Å². The fourth-order valence-electron chi connectivity index (χ4n) is 4.22. The molecule has 2 aromatic carbocycles. The van der Waals surface area contributed by atoms with E-state index in [-0.39, 0.29) is 41.7 Å². The number of benzene rings is 2. The first kappa shape index (κ1) is 29.8. The summed E-state index contributed by atoms with van der Waals surface area (Å²) in [6.07, 6.45) is 7.68. The number of pyridine rings is 1. The van der Waals surface area contributed by atoms with Crippen LogP contribution in [0.5, 0.6) is 11.5 Å². The quantitative estimate of drug-likeness (QED) is 0.182. The van der Waals surface area contributed by atoms with Gasteiger partial charge in [-0.05, 0) is 60.2 Å². The number of nitrogens with zero attached hydrogens (tertiary/aromatic N) is 2. The number of rotatable bonds is 13. The van der Waals surface area contributed by atoms with Crippen molar-refractivity contribution >= 4 is 46.9 Å². The van der Waals surface area contributed by atoms with Gasteiger partial charge < -0.3 is 14.6 Å². The molecule has 0 fully saturated rings. The summed E-state index contributed by atoms with van der Waals surface area (Å²) >= 11 is 1.49. The summed E-state index contributed by atoms with van der Waals surface area (Å²) in [5.41, 5.74) is 4.52. The van der Waals surface area contributed by atoms with Gasteiger partial charge in [-0.3, -0.25) is 4.98 Å². The summed E-state index contributed by atoms with van der Waals surface area (Å²) in [4.78, 5) is 19.6. The van der Waals surface area contributed by atoms with E-state index in [4.69, 9.17) is 14.6 Å². The fourth-order valence-corrected chi connectivity index (χ4v) is 4.93. The van der Waals surface area contributed by atoms with Gasteiger partial charge in [0, 0.05) is 17.1 Å². The molecule has 2 heterocycles. The van der Waals surface area contributed by atoms with Crippen LogP contribution in [0, 0.1) is 0 Å². The van der Waals surface area contributed by atoms with Crippen molar-refractivity contribution in [2.45, 2.75) is 58.7 Å². The first-order valence-corrected chi connectivity index (χ1v) is 13.5. The molecule has 194 valence electrons. The molecule has 2 aromatic heterocycles. The van der Waals surface area contributed by atoms with Crippen LogP contribution in [0.2, 0.25) is 0 Å². The molecule has 6 nitrogen and oxygen atoms in total. The number of carboxylic acids is 1. The normalized spacial score (nSPS) is 10.7. The van der Waals surface area contributed by atoms with E-state index in [1.807, 2.05) is 29.6 Å². The van der Waals surface area contributed by atoms with Gasteiger partial charge in [0.25, 0.3) is 0 Å². The van der Waals surface area contributed by atoms with Crippen LogP contribution in [0.15, 0.2) is 72.4 Å². The predicted molar refractivity (Wildman–Crippen MR) is 154 cm³/mol. The minimum absolute atomic E-state index is 0. The van der Waals surface area contributed by atoms with Crippen LogP contribution in [0.1, 0.15) is 71.9 Å². The van der Waals surface area contributed by atoms with E-state index < -0.39 is 5.97 Å². The molecule has 1 N–H and O–H groups in total. The van der Waals surface area contributed by atoms with Gasteiger partial charge in [0.2, 0.25) is 0 Å². The van der Waals surface area contributed by atoms with Gasteiger partial charge in [0.15, 0.2) is 0 Å². The summed E-state index contributed by atoms with van der Waals surface area (Å²) in [6.45, 7) is 5.28. The number of carbonyl (C=O) groups is 1. The number of carboxylic acid groups (broad SMARTS) is 1. The molecule has 4 aromatic rings. The van der Waals surface area contributed by atoms with Gasteiger partial charge in [0.1, 0.15) is 29.7 Å². The van der Waals surface area contributed by atoms with Crippen LogP contribution in [0.4, 0.5) is 0 Å². The van der Waals surface area contributed by atoms with E-state index >= 15 is 0 Å². The Morgan fingerprint density at radius 1 is 0.921 bits per heavy atom. The van der Waals surface area contributed by atoms with E-state index in [0.29, 0.717) is 18.3 Å². The van der Waals surface area contributed by atoms with Crippen molar-refractivity contribution in [2.24, 2.45) is 0 Å². The average Bonchev–Trinajstić information content (AvgIpc) is 3.40. The molecule has 4 rings (SSSR count). The number of aromatic nitrogens is 2. The number of ether oxygens (including phenoxy) is 2. The molecule has 0 saturated carbocycles. The number of thiazole rings is 1. The fraction of sp³-hybridized carbons (Fsp3) is 0.300. The van der Waals surface area contributed by atoms with E-state index in [9.17, 15) is 4.79 Å². The zero-order valence-corrected chi connectivity index (χ0v) is 22.0. The molecular weight excluding hydrogens is 507 g/mol. The molecule has 0 spiro atoms. The molecule has 0 saturated heterocycles. The van der Waals surface area contributed by atoms with Crippen molar-refractivity contribution in [1.82, 2.24) is 9.97 Å². The molecule has 0 aliphatic heterocycles. The summed E-state index contributed by atoms with van der Waals surface area (Å²) in [5, 5.41) is 11.9. The molecule has 0 unspecified atom stereocenters. The van der Waals surface area contributed by atoms with E-state index in [1.54, 1.807) is 0 Å². The zero-order valence-electron chi connectivity index (χ0n) is 21.2. The van der Waals surface area contributed by atoms with Crippen molar-refractivity contribution in [3.05, 3.63) is 94.1 Å². The maximum absolute atomic E-state index is 11.1. The van der Waals surface area contributed by atoms with E-state index in [0.717, 1.165) is 27.6 Å². The van der Waals surface area contributed by atoms with Crippen molar-refractivity contribution in [1.29, 1.82) is 0 Å². The van der Waals surface area contributed by atoms with Crippen molar-refractivity contribution < 1.29 is 19.4 Å². The summed E-state index contributed by atoms with van der Waals surface area (Å²) < 4.78 is 11.7. The Hall–Kier alpha value is -2.71. The monoisotopic (exact) mass is 540 g/mol. The first-order valence-electron chi connectivity index (χ1n) is 12.6. The third kappa shape index (κ3) is 8.40. The van der Waals surface area contributed by atoms with Crippen LogP contribution in [0.25, 0.3) is 11.3 Å². The Morgan fingerprint density at radius 3 is 2.26 bits per heavy atom. The number of aromatic carboxylic acids is 1. The van der Waals surface area contributed by atoms with Crippen LogP contribution >= 0.6 is 11.3 Å². The second-order valence-electron chi connectivity index (χ2n) is 8.96. The van der Waals surface area contributed by atoms with Crippen LogP contribution in [-0.2, 0) is 13.2 Å². The molecule has 0 atom stereocenters. The standard InChI is InChI=1S/C30H32N2O4S.Na.H/c1-3-5-22(6-4-2)23-9-7-21(8-10-23)18-35-26-13-11-24(12-14-26)28-20-37-29(32-28)19-36-27-15-25(30(33)34)16-31-17-27;;/h7-17,20,22H,3-6,18-19H2,1-2H3,(H,33,34);;. The van der Waals surface area contributed by atoms with Crippen LogP contribution in [-0.4, -0.2) is 50.6 Å². The number of hydrogen-bond donors (Lipinski definition) is 1. The molecule has 38 heavy (non-hydrogen) atoms. The van der Waals surface area contributed by atoms with Crippen molar-refractivity contribution in [3.63, 3.8) is 0 Å². The van der Waals surface area contributed by atoms with Gasteiger partial charge in [-0.2, -0.15) is 0 Å². The molecular formula is C30H33N2NaO4S. The number of hydrogen-bond acceptors (Lipinski definition) is 6. The van der Waals surface area contributed by atoms with Gasteiger partial charge >= 0.3 is 35.5 Å². The summed E-state index contributed by atoms with van der Waals surface area (Å²) in [6, 6.07) is 18.2. The SMILES string of the molecule is CCCC(CCC)c1ccc(COc2ccc(-c3csc(COc4cncc(C(=O)O)c4)n3)cc2)cc1.[NaH]. The Morgan fingerprint density at radius 2 is 1.61 bits per heavy atom. The second-order valence-corrected chi connectivity index (χ2v) is 9.90. The third-order valence-electron chi connectivity index (χ3n) is 6.16. The Bertz CT molecular complexity index is 1290. The first-order chi connectivity index (χ1) is 18.1. The van der Waals surface area contributed by atoms with Crippen LogP contribution < -0.4 is 9.47 Å². The summed E-state index contributed by atoms with van der Waals surface area (Å²) in [5.74, 6) is 0.819. The van der Waals surface area contributed by atoms with Crippen molar-refractivity contribution in [3.8, 4) is 22.8 Å². The molecule has 0 amide bonds. The van der Waals surface area contributed by atoms with Gasteiger partial charge in [-0.25, -0.2) is 9.78 Å². The predicted octanol–water partition coefficient (Wildman–Crippen LogP) is 7.10. The molecule has 0 radical (unpaired) electrons. The van der Waals surface area contributed by atoms with E-state index in [2.05, 4.69) is 48.1 Å². The Kier molecular flexibility index (Phi) is 11.8. The molecule has 0 aliphatic rings. The summed E-state index contributed by atoms with van der Waals surface area (Å²) in [7, 11) is 0.